The van der Waals surface area contributed by atoms with E-state index in [-0.39, 0.29) is 5.01 Å². The van der Waals surface area contributed by atoms with Crippen molar-refractivity contribution in [1.29, 1.82) is 0 Å². The minimum atomic E-state index is -4.21. The largest absolute Gasteiger partial charge is 0.395 e. The van der Waals surface area contributed by atoms with Crippen LogP contribution in [0.1, 0.15) is 10.6 Å². The molecule has 1 aromatic carbocycles. The molecule has 0 atom stereocenters. The molecule has 0 spiro atoms. The quantitative estimate of drug-likeness (QED) is 0.930. The maximum absolute atomic E-state index is 12.2. The van der Waals surface area contributed by atoms with Crippen molar-refractivity contribution in [3.05, 3.63) is 40.2 Å². The lowest BCUT2D eigenvalue weighted by Crippen LogP contribution is -2.11. The molecule has 2 aromatic rings. The van der Waals surface area contributed by atoms with Crippen LogP contribution in [0.25, 0.3) is 11.3 Å². The van der Waals surface area contributed by atoms with Crippen LogP contribution in [0.4, 0.5) is 13.2 Å². The van der Waals surface area contributed by atoms with Gasteiger partial charge in [-0.05, 0) is 5.56 Å². The minimum absolute atomic E-state index is 0.0837. The second-order valence-corrected chi connectivity index (χ2v) is 4.76. The first-order chi connectivity index (χ1) is 8.48. The number of benzene rings is 1. The van der Waals surface area contributed by atoms with Crippen LogP contribution in [0.15, 0.2) is 29.6 Å². The lowest BCUT2D eigenvalue weighted by molar-refractivity contribution is -0.127. The van der Waals surface area contributed by atoms with E-state index in [1.807, 2.05) is 24.3 Å². The molecule has 0 aliphatic rings. The standard InChI is InChI=1S/C12H11F3N2S/c13-12(14,15)5-11-17-10(7-18-11)9-3-1-8(6-16)2-4-9/h1-4,7H,5-6,16H2. The van der Waals surface area contributed by atoms with Gasteiger partial charge in [0.15, 0.2) is 0 Å². The highest BCUT2D eigenvalue weighted by Crippen LogP contribution is 2.27. The Morgan fingerprint density at radius 1 is 1.17 bits per heavy atom. The van der Waals surface area contributed by atoms with Crippen LogP contribution in [-0.4, -0.2) is 11.2 Å². The second-order valence-electron chi connectivity index (χ2n) is 3.82. The van der Waals surface area contributed by atoms with Gasteiger partial charge in [-0.25, -0.2) is 4.98 Å². The van der Waals surface area contributed by atoms with E-state index >= 15 is 0 Å². The summed E-state index contributed by atoms with van der Waals surface area (Å²) in [7, 11) is 0. The number of nitrogens with two attached hydrogens (primary N) is 1. The summed E-state index contributed by atoms with van der Waals surface area (Å²) in [6.07, 6.45) is -5.18. The second kappa shape index (κ2) is 5.07. The van der Waals surface area contributed by atoms with Crippen LogP contribution in [0.5, 0.6) is 0 Å². The van der Waals surface area contributed by atoms with Gasteiger partial charge in [0.05, 0.1) is 12.1 Å². The molecule has 0 aliphatic carbocycles. The number of halogens is 3. The zero-order chi connectivity index (χ0) is 13.2. The molecule has 96 valence electrons. The molecule has 0 saturated heterocycles. The van der Waals surface area contributed by atoms with Crippen LogP contribution in [0, 0.1) is 0 Å². The highest BCUT2D eigenvalue weighted by molar-refractivity contribution is 7.09. The third kappa shape index (κ3) is 3.30. The van der Waals surface area contributed by atoms with Gasteiger partial charge in [0, 0.05) is 17.5 Å². The normalized spacial score (nSPS) is 11.8. The summed E-state index contributed by atoms with van der Waals surface area (Å²) in [5.74, 6) is 0. The van der Waals surface area contributed by atoms with Crippen molar-refractivity contribution in [2.45, 2.75) is 19.1 Å². The summed E-state index contributed by atoms with van der Waals surface area (Å²) >= 11 is 1.03. The van der Waals surface area contributed by atoms with Crippen LogP contribution >= 0.6 is 11.3 Å². The number of hydrogen-bond donors (Lipinski definition) is 1. The Hall–Kier alpha value is -1.40. The average molecular weight is 272 g/mol. The SMILES string of the molecule is NCc1ccc(-c2csc(CC(F)(F)F)n2)cc1. The molecule has 6 heteroatoms. The molecule has 0 amide bonds. The van der Waals surface area contributed by atoms with Gasteiger partial charge in [0.25, 0.3) is 0 Å². The molecule has 2 N–H and O–H groups in total. The van der Waals surface area contributed by atoms with Gasteiger partial charge >= 0.3 is 6.18 Å². The Balaban J connectivity index is 2.18. The minimum Gasteiger partial charge on any atom is -0.326 e. The van der Waals surface area contributed by atoms with Gasteiger partial charge in [0.2, 0.25) is 0 Å². The van der Waals surface area contributed by atoms with Crippen molar-refractivity contribution >= 4 is 11.3 Å². The molecular weight excluding hydrogens is 261 g/mol. The van der Waals surface area contributed by atoms with Crippen molar-refractivity contribution in [3.63, 3.8) is 0 Å². The summed E-state index contributed by atoms with van der Waals surface area (Å²) in [4.78, 5) is 3.99. The maximum atomic E-state index is 12.2. The monoisotopic (exact) mass is 272 g/mol. The van der Waals surface area contributed by atoms with Crippen molar-refractivity contribution in [2.24, 2.45) is 5.73 Å². The fourth-order valence-electron chi connectivity index (χ4n) is 1.51. The van der Waals surface area contributed by atoms with Crippen molar-refractivity contribution in [2.75, 3.05) is 0 Å². The number of alkyl halides is 3. The molecule has 0 aliphatic heterocycles. The lowest BCUT2D eigenvalue weighted by Gasteiger charge is -2.02. The molecule has 0 radical (unpaired) electrons. The highest BCUT2D eigenvalue weighted by Gasteiger charge is 2.29. The smallest absolute Gasteiger partial charge is 0.326 e. The van der Waals surface area contributed by atoms with Crippen molar-refractivity contribution < 1.29 is 13.2 Å². The Labute approximate surface area is 106 Å². The van der Waals surface area contributed by atoms with Gasteiger partial charge in [-0.2, -0.15) is 13.2 Å². The number of rotatable bonds is 3. The van der Waals surface area contributed by atoms with Crippen LogP contribution in [0.3, 0.4) is 0 Å². The van der Waals surface area contributed by atoms with E-state index in [1.54, 1.807) is 5.38 Å². The van der Waals surface area contributed by atoms with Gasteiger partial charge in [-0.1, -0.05) is 24.3 Å². The highest BCUT2D eigenvalue weighted by atomic mass is 32.1. The Morgan fingerprint density at radius 3 is 2.39 bits per heavy atom. The first-order valence-corrected chi connectivity index (χ1v) is 6.16. The van der Waals surface area contributed by atoms with E-state index in [2.05, 4.69) is 4.98 Å². The van der Waals surface area contributed by atoms with Gasteiger partial charge in [-0.15, -0.1) is 11.3 Å². The third-order valence-corrected chi connectivity index (χ3v) is 3.24. The van der Waals surface area contributed by atoms with Gasteiger partial charge in [-0.3, -0.25) is 0 Å². The van der Waals surface area contributed by atoms with Gasteiger partial charge < -0.3 is 5.73 Å². The zero-order valence-corrected chi connectivity index (χ0v) is 10.2. The van der Waals surface area contributed by atoms with Crippen molar-refractivity contribution in [3.8, 4) is 11.3 Å². The number of nitrogens with zero attached hydrogens (tertiary/aromatic N) is 1. The molecule has 1 aromatic heterocycles. The van der Waals surface area contributed by atoms with E-state index in [9.17, 15) is 13.2 Å². The zero-order valence-electron chi connectivity index (χ0n) is 9.37. The maximum Gasteiger partial charge on any atom is 0.395 e. The van der Waals surface area contributed by atoms with E-state index in [0.717, 1.165) is 22.5 Å². The molecular formula is C12H11F3N2S. The molecule has 1 heterocycles. The Kier molecular flexibility index (Phi) is 3.68. The van der Waals surface area contributed by atoms with Gasteiger partial charge in [0.1, 0.15) is 5.01 Å². The van der Waals surface area contributed by atoms with Crippen LogP contribution in [-0.2, 0) is 13.0 Å². The number of aromatic nitrogens is 1. The molecule has 2 rings (SSSR count). The molecule has 0 fully saturated rings. The summed E-state index contributed by atoms with van der Waals surface area (Å²) in [5.41, 5.74) is 7.82. The van der Waals surface area contributed by atoms with E-state index in [0.29, 0.717) is 12.2 Å². The predicted molar refractivity (Wildman–Crippen MR) is 65.2 cm³/mol. The average Bonchev–Trinajstić information content (AvgIpc) is 2.75. The molecule has 2 nitrogen and oxygen atoms in total. The summed E-state index contributed by atoms with van der Waals surface area (Å²) in [5, 5.41) is 1.72. The first kappa shape index (κ1) is 13.0. The van der Waals surface area contributed by atoms with E-state index < -0.39 is 12.6 Å². The Bertz CT molecular complexity index is 517. The molecule has 18 heavy (non-hydrogen) atoms. The predicted octanol–water partition coefficient (Wildman–Crippen LogP) is 3.37. The summed E-state index contributed by atoms with van der Waals surface area (Å²) in [6, 6.07) is 7.32. The fraction of sp³-hybridized carbons (Fsp3) is 0.250. The number of hydrogen-bond acceptors (Lipinski definition) is 3. The Morgan fingerprint density at radius 2 is 1.83 bits per heavy atom. The van der Waals surface area contributed by atoms with E-state index in [1.165, 1.54) is 0 Å². The fourth-order valence-corrected chi connectivity index (χ4v) is 2.34. The third-order valence-electron chi connectivity index (χ3n) is 2.39. The van der Waals surface area contributed by atoms with E-state index in [4.69, 9.17) is 5.73 Å². The molecule has 0 unspecified atom stereocenters. The van der Waals surface area contributed by atoms with Crippen LogP contribution in [0.2, 0.25) is 0 Å². The topological polar surface area (TPSA) is 38.9 Å². The molecule has 0 saturated carbocycles. The summed E-state index contributed by atoms with van der Waals surface area (Å²) < 4.78 is 36.6. The van der Waals surface area contributed by atoms with Crippen molar-refractivity contribution in [1.82, 2.24) is 4.98 Å². The lowest BCUT2D eigenvalue weighted by atomic mass is 10.1. The molecule has 0 bridgehead atoms. The summed E-state index contributed by atoms with van der Waals surface area (Å²) in [6.45, 7) is 0.441. The number of thiazole rings is 1. The van der Waals surface area contributed by atoms with Crippen LogP contribution < -0.4 is 5.73 Å². The first-order valence-electron chi connectivity index (χ1n) is 5.28.